The third-order valence-corrected chi connectivity index (χ3v) is 5.15. The number of aromatic nitrogens is 4. The number of hydrogen-bond acceptors (Lipinski definition) is 4. The molecule has 0 saturated heterocycles. The molecule has 0 saturated carbocycles. The number of hydrogen-bond donors (Lipinski definition) is 1. The standard InChI is InChI=1S/C23H24FN5O/c1-16(23-14-27-29(17(23)2)20-7-9-22(30-3)10-8-20)25-12-18-13-26-28(15-18)21-6-4-5-19(24)11-21/h4-11,13-16,25H,12H2,1-3H3/t16-/m1/s1. The lowest BCUT2D eigenvalue weighted by Crippen LogP contribution is -2.18. The van der Waals surface area contributed by atoms with Crippen LogP contribution in [0.5, 0.6) is 5.75 Å². The average Bonchev–Trinajstić information content (AvgIpc) is 3.39. The van der Waals surface area contributed by atoms with Gasteiger partial charge in [-0.2, -0.15) is 10.2 Å². The van der Waals surface area contributed by atoms with E-state index in [1.807, 2.05) is 47.4 Å². The van der Waals surface area contributed by atoms with E-state index in [0.717, 1.165) is 28.3 Å². The lowest BCUT2D eigenvalue weighted by Gasteiger charge is -2.13. The van der Waals surface area contributed by atoms with Crippen LogP contribution in [0.15, 0.2) is 67.1 Å². The van der Waals surface area contributed by atoms with Crippen LogP contribution in [0.25, 0.3) is 11.4 Å². The lowest BCUT2D eigenvalue weighted by atomic mass is 10.1. The fourth-order valence-electron chi connectivity index (χ4n) is 3.42. The summed E-state index contributed by atoms with van der Waals surface area (Å²) in [7, 11) is 1.65. The molecule has 2 aromatic heterocycles. The van der Waals surface area contributed by atoms with Crippen molar-refractivity contribution < 1.29 is 9.13 Å². The molecule has 0 unspecified atom stereocenters. The third-order valence-electron chi connectivity index (χ3n) is 5.15. The highest BCUT2D eigenvalue weighted by Crippen LogP contribution is 2.22. The Morgan fingerprint density at radius 3 is 2.60 bits per heavy atom. The van der Waals surface area contributed by atoms with Crippen LogP contribution in [0, 0.1) is 12.7 Å². The second-order valence-corrected chi connectivity index (χ2v) is 7.17. The van der Waals surface area contributed by atoms with Crippen LogP contribution in [-0.2, 0) is 6.54 Å². The lowest BCUT2D eigenvalue weighted by molar-refractivity contribution is 0.414. The van der Waals surface area contributed by atoms with E-state index in [1.54, 1.807) is 24.1 Å². The van der Waals surface area contributed by atoms with E-state index >= 15 is 0 Å². The molecule has 2 heterocycles. The molecule has 0 aliphatic carbocycles. The minimum atomic E-state index is -0.277. The first kappa shape index (κ1) is 19.8. The van der Waals surface area contributed by atoms with Gasteiger partial charge >= 0.3 is 0 Å². The zero-order chi connectivity index (χ0) is 21.1. The van der Waals surface area contributed by atoms with Gasteiger partial charge in [0.25, 0.3) is 0 Å². The van der Waals surface area contributed by atoms with Crippen LogP contribution in [0.2, 0.25) is 0 Å². The average molecular weight is 405 g/mol. The summed E-state index contributed by atoms with van der Waals surface area (Å²) in [6.45, 7) is 4.82. The Labute approximate surface area is 174 Å². The Kier molecular flexibility index (Phi) is 5.63. The number of nitrogens with one attached hydrogen (secondary N) is 1. The Bertz CT molecular complexity index is 1130. The zero-order valence-electron chi connectivity index (χ0n) is 17.2. The third kappa shape index (κ3) is 4.11. The van der Waals surface area contributed by atoms with E-state index in [1.165, 1.54) is 12.1 Å². The molecule has 0 radical (unpaired) electrons. The van der Waals surface area contributed by atoms with E-state index in [4.69, 9.17) is 4.74 Å². The first-order valence-electron chi connectivity index (χ1n) is 9.77. The number of methoxy groups -OCH3 is 1. The first-order chi connectivity index (χ1) is 14.5. The molecule has 1 atom stereocenters. The van der Waals surface area contributed by atoms with Gasteiger partial charge in [-0.1, -0.05) is 6.07 Å². The molecule has 0 aliphatic rings. The van der Waals surface area contributed by atoms with Crippen LogP contribution in [-0.4, -0.2) is 26.7 Å². The Hall–Kier alpha value is -3.45. The van der Waals surface area contributed by atoms with Crippen molar-refractivity contribution >= 4 is 0 Å². The van der Waals surface area contributed by atoms with Crippen molar-refractivity contribution in [1.29, 1.82) is 0 Å². The van der Waals surface area contributed by atoms with Crippen molar-refractivity contribution in [3.8, 4) is 17.1 Å². The molecular weight excluding hydrogens is 381 g/mol. The second-order valence-electron chi connectivity index (χ2n) is 7.17. The van der Waals surface area contributed by atoms with Crippen LogP contribution >= 0.6 is 0 Å². The van der Waals surface area contributed by atoms with Crippen molar-refractivity contribution in [3.05, 3.63) is 89.8 Å². The minimum absolute atomic E-state index is 0.106. The summed E-state index contributed by atoms with van der Waals surface area (Å²) >= 11 is 0. The summed E-state index contributed by atoms with van der Waals surface area (Å²) in [5.41, 5.74) is 4.92. The highest BCUT2D eigenvalue weighted by atomic mass is 19.1. The summed E-state index contributed by atoms with van der Waals surface area (Å²) in [5.74, 6) is 0.540. The van der Waals surface area contributed by atoms with Gasteiger partial charge in [0, 0.05) is 35.6 Å². The van der Waals surface area contributed by atoms with Gasteiger partial charge in [-0.05, 0) is 56.3 Å². The van der Waals surface area contributed by atoms with E-state index < -0.39 is 0 Å². The second kappa shape index (κ2) is 8.51. The SMILES string of the molecule is COc1ccc(-n2ncc([C@@H](C)NCc3cnn(-c4cccc(F)c4)c3)c2C)cc1. The Balaban J connectivity index is 1.43. The number of ether oxygens (including phenoxy) is 1. The number of halogens is 1. The number of rotatable bonds is 7. The predicted molar refractivity (Wildman–Crippen MR) is 114 cm³/mol. The Morgan fingerprint density at radius 1 is 1.07 bits per heavy atom. The highest BCUT2D eigenvalue weighted by molar-refractivity contribution is 5.39. The maximum atomic E-state index is 13.4. The minimum Gasteiger partial charge on any atom is -0.497 e. The predicted octanol–water partition coefficient (Wildman–Crippen LogP) is 4.36. The van der Waals surface area contributed by atoms with Crippen molar-refractivity contribution in [1.82, 2.24) is 24.9 Å². The maximum absolute atomic E-state index is 13.4. The van der Waals surface area contributed by atoms with Gasteiger partial charge in [0.05, 0.1) is 30.9 Å². The molecule has 2 aromatic carbocycles. The van der Waals surface area contributed by atoms with Crippen LogP contribution < -0.4 is 10.1 Å². The molecule has 0 spiro atoms. The summed E-state index contributed by atoms with van der Waals surface area (Å²) < 4.78 is 22.3. The molecule has 30 heavy (non-hydrogen) atoms. The van der Waals surface area contributed by atoms with Gasteiger partial charge in [-0.15, -0.1) is 0 Å². The summed E-state index contributed by atoms with van der Waals surface area (Å²) in [6, 6.07) is 14.3. The van der Waals surface area contributed by atoms with E-state index in [2.05, 4.69) is 29.4 Å². The molecule has 1 N–H and O–H groups in total. The van der Waals surface area contributed by atoms with Crippen molar-refractivity contribution in [2.45, 2.75) is 26.4 Å². The van der Waals surface area contributed by atoms with Gasteiger partial charge in [-0.3, -0.25) is 0 Å². The van der Waals surface area contributed by atoms with Gasteiger partial charge in [0.15, 0.2) is 0 Å². The van der Waals surface area contributed by atoms with Crippen molar-refractivity contribution in [2.75, 3.05) is 7.11 Å². The summed E-state index contributed by atoms with van der Waals surface area (Å²) in [4.78, 5) is 0. The topological polar surface area (TPSA) is 56.9 Å². The first-order valence-corrected chi connectivity index (χ1v) is 9.77. The number of nitrogens with zero attached hydrogens (tertiary/aromatic N) is 4. The molecule has 6 nitrogen and oxygen atoms in total. The largest absolute Gasteiger partial charge is 0.497 e. The van der Waals surface area contributed by atoms with Crippen molar-refractivity contribution in [2.24, 2.45) is 0 Å². The van der Waals surface area contributed by atoms with E-state index in [-0.39, 0.29) is 11.9 Å². The molecule has 154 valence electrons. The van der Waals surface area contributed by atoms with Gasteiger partial charge in [0.1, 0.15) is 11.6 Å². The zero-order valence-corrected chi connectivity index (χ0v) is 17.2. The number of benzene rings is 2. The smallest absolute Gasteiger partial charge is 0.125 e. The monoisotopic (exact) mass is 405 g/mol. The van der Waals surface area contributed by atoms with Gasteiger partial charge in [-0.25, -0.2) is 13.8 Å². The highest BCUT2D eigenvalue weighted by Gasteiger charge is 2.14. The normalized spacial score (nSPS) is 12.1. The quantitative estimate of drug-likeness (QED) is 0.496. The molecule has 4 rings (SSSR count). The van der Waals surface area contributed by atoms with Crippen LogP contribution in [0.4, 0.5) is 4.39 Å². The molecule has 0 bridgehead atoms. The molecule has 4 aromatic rings. The van der Waals surface area contributed by atoms with E-state index in [9.17, 15) is 4.39 Å². The van der Waals surface area contributed by atoms with Crippen LogP contribution in [0.3, 0.4) is 0 Å². The maximum Gasteiger partial charge on any atom is 0.125 e. The molecule has 0 fully saturated rings. The summed E-state index contributed by atoms with van der Waals surface area (Å²) in [5, 5.41) is 12.4. The van der Waals surface area contributed by atoms with Crippen molar-refractivity contribution in [3.63, 3.8) is 0 Å². The van der Waals surface area contributed by atoms with Gasteiger partial charge in [0.2, 0.25) is 0 Å². The van der Waals surface area contributed by atoms with Crippen LogP contribution in [0.1, 0.15) is 29.8 Å². The fourth-order valence-corrected chi connectivity index (χ4v) is 3.42. The van der Waals surface area contributed by atoms with E-state index in [0.29, 0.717) is 12.2 Å². The molecular formula is C23H24FN5O. The fraction of sp³-hybridized carbons (Fsp3) is 0.217. The summed E-state index contributed by atoms with van der Waals surface area (Å²) in [6.07, 6.45) is 5.59. The Morgan fingerprint density at radius 2 is 1.87 bits per heavy atom. The van der Waals surface area contributed by atoms with Gasteiger partial charge < -0.3 is 10.1 Å². The molecule has 7 heteroatoms. The molecule has 0 amide bonds. The molecule has 0 aliphatic heterocycles.